The highest BCUT2D eigenvalue weighted by Gasteiger charge is 2.42. The molecular formula is C29H40O4. The molecule has 4 aliphatic carbocycles. The minimum Gasteiger partial charge on any atom is -0.426 e. The Hall–Kier alpha value is -1.84. The summed E-state index contributed by atoms with van der Waals surface area (Å²) in [6.07, 6.45) is 14.1. The lowest BCUT2D eigenvalue weighted by atomic mass is 9.81. The number of carbonyl (C=O) groups excluding carboxylic acids is 2. The van der Waals surface area contributed by atoms with E-state index in [1.165, 1.54) is 12.8 Å². The SMILES string of the molecule is CCC1CCC(C(=O)Oc2ccc(OC(=O)C3CCC(CC)CC3)c3c2C2CCC3C2)CC1. The van der Waals surface area contributed by atoms with Crippen molar-refractivity contribution in [1.82, 2.24) is 0 Å². The van der Waals surface area contributed by atoms with Crippen molar-refractivity contribution in [2.75, 3.05) is 0 Å². The second-order valence-electron chi connectivity index (χ2n) is 11.2. The molecule has 2 bridgehead atoms. The number of ether oxygens (including phenoxy) is 2. The molecular weight excluding hydrogens is 412 g/mol. The first kappa shape index (κ1) is 22.9. The van der Waals surface area contributed by atoms with Crippen molar-refractivity contribution >= 4 is 11.9 Å². The molecule has 0 radical (unpaired) electrons. The summed E-state index contributed by atoms with van der Waals surface area (Å²) in [5, 5.41) is 0. The van der Waals surface area contributed by atoms with Gasteiger partial charge in [-0.3, -0.25) is 9.59 Å². The van der Waals surface area contributed by atoms with Crippen LogP contribution in [0, 0.1) is 23.7 Å². The number of fused-ring (bicyclic) bond motifs is 5. The summed E-state index contributed by atoms with van der Waals surface area (Å²) in [4.78, 5) is 26.0. The predicted molar refractivity (Wildman–Crippen MR) is 129 cm³/mol. The van der Waals surface area contributed by atoms with Gasteiger partial charge in [0, 0.05) is 11.1 Å². The molecule has 3 fully saturated rings. The molecule has 33 heavy (non-hydrogen) atoms. The van der Waals surface area contributed by atoms with Crippen LogP contribution in [0.15, 0.2) is 12.1 Å². The van der Waals surface area contributed by atoms with Crippen molar-refractivity contribution in [3.8, 4) is 11.5 Å². The average molecular weight is 453 g/mol. The lowest BCUT2D eigenvalue weighted by Crippen LogP contribution is -2.27. The van der Waals surface area contributed by atoms with Gasteiger partial charge >= 0.3 is 11.9 Å². The number of hydrogen-bond acceptors (Lipinski definition) is 4. The maximum atomic E-state index is 13.0. The Bertz CT molecular complexity index is 803. The molecule has 0 aromatic heterocycles. The predicted octanol–water partition coefficient (Wildman–Crippen LogP) is 7.29. The molecule has 3 saturated carbocycles. The van der Waals surface area contributed by atoms with Crippen molar-refractivity contribution in [3.63, 3.8) is 0 Å². The molecule has 1 aromatic rings. The maximum Gasteiger partial charge on any atom is 0.314 e. The molecule has 4 aliphatic rings. The maximum absolute atomic E-state index is 13.0. The van der Waals surface area contributed by atoms with E-state index in [4.69, 9.17) is 9.47 Å². The van der Waals surface area contributed by atoms with Gasteiger partial charge in [0.05, 0.1) is 11.8 Å². The fourth-order valence-electron chi connectivity index (χ4n) is 7.12. The van der Waals surface area contributed by atoms with Crippen LogP contribution in [0.4, 0.5) is 0 Å². The second kappa shape index (κ2) is 9.80. The van der Waals surface area contributed by atoms with Gasteiger partial charge in [-0.1, -0.05) is 26.7 Å². The lowest BCUT2D eigenvalue weighted by molar-refractivity contribution is -0.141. The number of rotatable bonds is 6. The number of esters is 2. The van der Waals surface area contributed by atoms with E-state index >= 15 is 0 Å². The number of carbonyl (C=O) groups is 2. The van der Waals surface area contributed by atoms with Crippen LogP contribution >= 0.6 is 0 Å². The molecule has 180 valence electrons. The zero-order chi connectivity index (χ0) is 22.9. The zero-order valence-electron chi connectivity index (χ0n) is 20.4. The van der Waals surface area contributed by atoms with E-state index in [0.717, 1.165) is 105 Å². The topological polar surface area (TPSA) is 52.6 Å². The van der Waals surface area contributed by atoms with Crippen LogP contribution in [0.5, 0.6) is 11.5 Å². The standard InChI is InChI=1S/C29H40O4/c1-3-18-5-9-20(10-6-18)28(30)32-24-15-16-25(27-23-14-13-22(17-23)26(24)27)33-29(31)21-11-7-19(4-2)8-12-21/h15-16,18-23H,3-14,17H2,1-2H3. The first-order chi connectivity index (χ1) is 16.1. The lowest BCUT2D eigenvalue weighted by Gasteiger charge is -2.28. The molecule has 0 aliphatic heterocycles. The minimum absolute atomic E-state index is 0.0257. The van der Waals surface area contributed by atoms with E-state index < -0.39 is 0 Å². The van der Waals surface area contributed by atoms with Gasteiger partial charge in [-0.05, 0) is 106 Å². The molecule has 0 amide bonds. The fourth-order valence-corrected chi connectivity index (χ4v) is 7.12. The van der Waals surface area contributed by atoms with Crippen LogP contribution < -0.4 is 9.47 Å². The van der Waals surface area contributed by atoms with Gasteiger partial charge in [-0.25, -0.2) is 0 Å². The van der Waals surface area contributed by atoms with E-state index in [1.54, 1.807) is 0 Å². The Morgan fingerprint density at radius 1 is 0.667 bits per heavy atom. The van der Waals surface area contributed by atoms with Crippen LogP contribution in [-0.4, -0.2) is 11.9 Å². The monoisotopic (exact) mass is 452 g/mol. The third-order valence-electron chi connectivity index (χ3n) is 9.39. The van der Waals surface area contributed by atoms with Crippen LogP contribution in [0.3, 0.4) is 0 Å². The summed E-state index contributed by atoms with van der Waals surface area (Å²) in [6.45, 7) is 4.48. The first-order valence-corrected chi connectivity index (χ1v) is 13.7. The van der Waals surface area contributed by atoms with Gasteiger partial charge in [0.15, 0.2) is 0 Å². The normalized spacial score (nSPS) is 32.9. The highest BCUT2D eigenvalue weighted by atomic mass is 16.5. The van der Waals surface area contributed by atoms with Gasteiger partial charge in [0.2, 0.25) is 0 Å². The van der Waals surface area contributed by atoms with E-state index in [2.05, 4.69) is 13.8 Å². The van der Waals surface area contributed by atoms with E-state index in [-0.39, 0.29) is 23.8 Å². The Morgan fingerprint density at radius 3 is 1.42 bits per heavy atom. The van der Waals surface area contributed by atoms with Crippen molar-refractivity contribution in [3.05, 3.63) is 23.3 Å². The first-order valence-electron chi connectivity index (χ1n) is 13.7. The number of hydrogen-bond donors (Lipinski definition) is 0. The van der Waals surface area contributed by atoms with Gasteiger partial charge < -0.3 is 9.47 Å². The van der Waals surface area contributed by atoms with Gasteiger partial charge in [-0.2, -0.15) is 0 Å². The molecule has 0 heterocycles. The van der Waals surface area contributed by atoms with Crippen molar-refractivity contribution < 1.29 is 19.1 Å². The highest BCUT2D eigenvalue weighted by Crippen LogP contribution is 2.59. The third-order valence-corrected chi connectivity index (χ3v) is 9.39. The second-order valence-corrected chi connectivity index (χ2v) is 11.2. The average Bonchev–Trinajstić information content (AvgIpc) is 3.48. The van der Waals surface area contributed by atoms with E-state index in [9.17, 15) is 9.59 Å². The summed E-state index contributed by atoms with van der Waals surface area (Å²) < 4.78 is 12.1. The summed E-state index contributed by atoms with van der Waals surface area (Å²) in [5.74, 6) is 3.77. The highest BCUT2D eigenvalue weighted by molar-refractivity contribution is 5.78. The van der Waals surface area contributed by atoms with Crippen molar-refractivity contribution in [2.45, 2.75) is 109 Å². The Morgan fingerprint density at radius 2 is 1.06 bits per heavy atom. The van der Waals surface area contributed by atoms with Crippen LogP contribution in [0.2, 0.25) is 0 Å². The molecule has 4 heteroatoms. The Balaban J connectivity index is 1.30. The largest absolute Gasteiger partial charge is 0.426 e. The third kappa shape index (κ3) is 4.59. The molecule has 0 N–H and O–H groups in total. The molecule has 2 unspecified atom stereocenters. The smallest absolute Gasteiger partial charge is 0.314 e. The zero-order valence-corrected chi connectivity index (χ0v) is 20.4. The van der Waals surface area contributed by atoms with Crippen molar-refractivity contribution in [2.24, 2.45) is 23.7 Å². The molecule has 4 nitrogen and oxygen atoms in total. The summed E-state index contributed by atoms with van der Waals surface area (Å²) in [7, 11) is 0. The van der Waals surface area contributed by atoms with Gasteiger partial charge in [-0.15, -0.1) is 0 Å². The summed E-state index contributed by atoms with van der Waals surface area (Å²) in [6, 6.07) is 3.79. The van der Waals surface area contributed by atoms with Gasteiger partial charge in [0.25, 0.3) is 0 Å². The molecule has 0 spiro atoms. The summed E-state index contributed by atoms with van der Waals surface area (Å²) in [5.41, 5.74) is 2.31. The number of benzene rings is 1. The van der Waals surface area contributed by atoms with Crippen molar-refractivity contribution in [1.29, 1.82) is 0 Å². The van der Waals surface area contributed by atoms with Crippen LogP contribution in [-0.2, 0) is 9.59 Å². The Kier molecular flexibility index (Phi) is 6.81. The Labute approximate surface area is 198 Å². The van der Waals surface area contributed by atoms with Crippen LogP contribution in [0.25, 0.3) is 0 Å². The minimum atomic E-state index is -0.0630. The van der Waals surface area contributed by atoms with Crippen LogP contribution in [0.1, 0.15) is 120 Å². The molecule has 2 atom stereocenters. The fraction of sp³-hybridized carbons (Fsp3) is 0.724. The molecule has 5 rings (SSSR count). The van der Waals surface area contributed by atoms with E-state index in [1.807, 2.05) is 12.1 Å². The molecule has 0 saturated heterocycles. The van der Waals surface area contributed by atoms with E-state index in [0.29, 0.717) is 11.8 Å². The van der Waals surface area contributed by atoms with Gasteiger partial charge in [0.1, 0.15) is 11.5 Å². The molecule has 1 aromatic carbocycles. The quantitative estimate of drug-likeness (QED) is 0.336. The summed E-state index contributed by atoms with van der Waals surface area (Å²) >= 11 is 0.